The average Bonchev–Trinajstić information content (AvgIpc) is 2.78. The van der Waals surface area contributed by atoms with Crippen molar-refractivity contribution in [2.75, 3.05) is 0 Å². The van der Waals surface area contributed by atoms with Crippen LogP contribution >= 0.6 is 0 Å². The first kappa shape index (κ1) is 15.9. The topological polar surface area (TPSA) is 103 Å². The zero-order valence-electron chi connectivity index (χ0n) is 12.7. The molecule has 110 valence electrons. The van der Waals surface area contributed by atoms with E-state index in [0.717, 1.165) is 5.56 Å². The maximum absolute atomic E-state index is 9.40. The number of rotatable bonds is 2. The van der Waals surface area contributed by atoms with E-state index < -0.39 is 5.60 Å². The van der Waals surface area contributed by atoms with Crippen LogP contribution in [0.1, 0.15) is 19.4 Å². The molecule has 0 bridgehead atoms. The zero-order chi connectivity index (χ0) is 17.0. The summed E-state index contributed by atoms with van der Waals surface area (Å²) < 4.78 is 5.66. The normalized spacial score (nSPS) is 15.7. The predicted octanol–water partition coefficient (Wildman–Crippen LogP) is 3.33. The highest BCUT2D eigenvalue weighted by Crippen LogP contribution is 2.40. The van der Waals surface area contributed by atoms with E-state index in [1.807, 2.05) is 6.07 Å². The molecule has 1 aromatic carbocycles. The average molecular weight is 300 g/mol. The number of nitrogens with zero attached hydrogens (tertiary/aromatic N) is 4. The molecule has 0 N–H and O–H groups in total. The lowest BCUT2D eigenvalue weighted by Gasteiger charge is -2.20. The van der Waals surface area contributed by atoms with Gasteiger partial charge < -0.3 is 4.74 Å². The minimum atomic E-state index is -0.827. The fourth-order valence-electron chi connectivity index (χ4n) is 2.25. The van der Waals surface area contributed by atoms with Gasteiger partial charge >= 0.3 is 0 Å². The van der Waals surface area contributed by atoms with Gasteiger partial charge in [-0.25, -0.2) is 0 Å². The predicted molar refractivity (Wildman–Crippen MR) is 83.3 cm³/mol. The fraction of sp³-hybridized carbons (Fsp3) is 0.167. The first-order chi connectivity index (χ1) is 10.9. The molecule has 0 spiro atoms. The van der Waals surface area contributed by atoms with E-state index in [1.54, 1.807) is 62.4 Å². The first-order valence-electron chi connectivity index (χ1n) is 6.78. The van der Waals surface area contributed by atoms with Gasteiger partial charge in [-0.2, -0.15) is 21.5 Å². The van der Waals surface area contributed by atoms with Crippen LogP contribution in [0, 0.1) is 34.0 Å². The molecule has 0 atom stereocenters. The fourth-order valence-corrected chi connectivity index (χ4v) is 2.25. The van der Waals surface area contributed by atoms with Crippen molar-refractivity contribution in [2.24, 2.45) is 0 Å². The van der Waals surface area contributed by atoms with E-state index in [0.29, 0.717) is 5.57 Å². The van der Waals surface area contributed by atoms with Gasteiger partial charge in [0.1, 0.15) is 29.4 Å². The molecule has 23 heavy (non-hydrogen) atoms. The van der Waals surface area contributed by atoms with Crippen LogP contribution in [0.2, 0.25) is 0 Å². The number of nitriles is 3. The summed E-state index contributed by atoms with van der Waals surface area (Å²) in [6.45, 7) is 3.53. The van der Waals surface area contributed by atoms with Gasteiger partial charge in [-0.3, -0.25) is 0 Å². The van der Waals surface area contributed by atoms with Gasteiger partial charge in [-0.15, -0.1) is 0 Å². The van der Waals surface area contributed by atoms with Gasteiger partial charge in [0.25, 0.3) is 0 Å². The second-order valence-electron chi connectivity index (χ2n) is 5.37. The minimum Gasteiger partial charge on any atom is -0.480 e. The van der Waals surface area contributed by atoms with E-state index in [9.17, 15) is 11.0 Å². The Labute approximate surface area is 134 Å². The smallest absolute Gasteiger partial charge is 0.172 e. The molecule has 0 amide bonds. The van der Waals surface area contributed by atoms with Crippen molar-refractivity contribution in [2.45, 2.75) is 19.4 Å². The lowest BCUT2D eigenvalue weighted by molar-refractivity contribution is 0.0954. The van der Waals surface area contributed by atoms with Crippen molar-refractivity contribution in [3.05, 3.63) is 58.4 Å². The minimum absolute atomic E-state index is 0.0212. The third kappa shape index (κ3) is 3.07. The van der Waals surface area contributed by atoms with Crippen LogP contribution in [0.3, 0.4) is 0 Å². The van der Waals surface area contributed by atoms with Crippen molar-refractivity contribution >= 4 is 11.8 Å². The largest absolute Gasteiger partial charge is 0.480 e. The molecule has 0 aliphatic carbocycles. The Morgan fingerprint density at radius 3 is 2.17 bits per heavy atom. The number of allylic oxidation sites excluding steroid dienone is 2. The molecule has 1 aromatic rings. The SMILES string of the molecule is CC1(C)OC(=C(C#N)C#N)C(C#N)=C1C=Cc1ccc([N])cc1. The molecule has 2 radical (unpaired) electrons. The van der Waals surface area contributed by atoms with E-state index >= 15 is 0 Å². The van der Waals surface area contributed by atoms with Crippen LogP contribution in [0.25, 0.3) is 6.08 Å². The van der Waals surface area contributed by atoms with E-state index in [1.165, 1.54) is 0 Å². The van der Waals surface area contributed by atoms with Gasteiger partial charge in [0.05, 0.1) is 5.69 Å². The molecule has 1 heterocycles. The Morgan fingerprint density at radius 2 is 1.65 bits per heavy atom. The van der Waals surface area contributed by atoms with Crippen molar-refractivity contribution in [1.82, 2.24) is 5.73 Å². The Morgan fingerprint density at radius 1 is 1.04 bits per heavy atom. The maximum atomic E-state index is 9.40. The molecule has 0 fully saturated rings. The number of ether oxygens (including phenoxy) is 1. The summed E-state index contributed by atoms with van der Waals surface area (Å²) in [5.74, 6) is 0.0212. The van der Waals surface area contributed by atoms with Crippen LogP contribution in [-0.2, 0) is 4.74 Å². The summed E-state index contributed by atoms with van der Waals surface area (Å²) in [5, 5.41) is 27.4. The van der Waals surface area contributed by atoms with Gasteiger partial charge in [-0.1, -0.05) is 24.3 Å². The third-order valence-electron chi connectivity index (χ3n) is 3.40. The van der Waals surface area contributed by atoms with Gasteiger partial charge in [-0.05, 0) is 31.5 Å². The molecule has 1 aliphatic rings. The summed E-state index contributed by atoms with van der Waals surface area (Å²) in [5.41, 5.74) is 10.0. The van der Waals surface area contributed by atoms with Crippen LogP contribution in [-0.4, -0.2) is 5.60 Å². The van der Waals surface area contributed by atoms with Crippen molar-refractivity contribution < 1.29 is 4.74 Å². The van der Waals surface area contributed by atoms with Crippen LogP contribution in [0.5, 0.6) is 0 Å². The van der Waals surface area contributed by atoms with Crippen LogP contribution in [0.15, 0.2) is 52.8 Å². The molecule has 5 nitrogen and oxygen atoms in total. The highest BCUT2D eigenvalue weighted by Gasteiger charge is 2.38. The molecule has 0 saturated carbocycles. The second kappa shape index (κ2) is 6.10. The standard InChI is InChI=1S/C18H12N4O/c1-18(2)16(8-5-12-3-6-14(22)7-4-12)15(11-21)17(23-18)13(9-19)10-20/h3-8H,1-2H3. The summed E-state index contributed by atoms with van der Waals surface area (Å²) in [7, 11) is 0. The summed E-state index contributed by atoms with van der Waals surface area (Å²) >= 11 is 0. The lowest BCUT2D eigenvalue weighted by Crippen LogP contribution is -2.20. The third-order valence-corrected chi connectivity index (χ3v) is 3.40. The van der Waals surface area contributed by atoms with E-state index in [-0.39, 0.29) is 22.6 Å². The van der Waals surface area contributed by atoms with Gasteiger partial charge in [0.15, 0.2) is 11.3 Å². The summed E-state index contributed by atoms with van der Waals surface area (Å²) in [6.07, 6.45) is 3.50. The van der Waals surface area contributed by atoms with Gasteiger partial charge in [0.2, 0.25) is 0 Å². The molecular weight excluding hydrogens is 288 g/mol. The monoisotopic (exact) mass is 300 g/mol. The van der Waals surface area contributed by atoms with Crippen molar-refractivity contribution in [3.8, 4) is 18.2 Å². The molecule has 5 heteroatoms. The number of hydrogen-bond donors (Lipinski definition) is 0. The summed E-state index contributed by atoms with van der Waals surface area (Å²) in [4.78, 5) is 0. The number of hydrogen-bond acceptors (Lipinski definition) is 4. The molecule has 2 rings (SSSR count). The highest BCUT2D eigenvalue weighted by atomic mass is 16.5. The maximum Gasteiger partial charge on any atom is 0.172 e. The highest BCUT2D eigenvalue weighted by molar-refractivity contribution is 5.64. The Hall–Kier alpha value is -3.49. The molecule has 1 aliphatic heterocycles. The second-order valence-corrected chi connectivity index (χ2v) is 5.37. The van der Waals surface area contributed by atoms with Crippen LogP contribution in [0.4, 0.5) is 5.69 Å². The van der Waals surface area contributed by atoms with E-state index in [2.05, 4.69) is 0 Å². The molecule has 0 saturated heterocycles. The lowest BCUT2D eigenvalue weighted by atomic mass is 9.94. The van der Waals surface area contributed by atoms with Crippen molar-refractivity contribution in [3.63, 3.8) is 0 Å². The number of benzene rings is 1. The summed E-state index contributed by atoms with van der Waals surface area (Å²) in [6, 6.07) is 12.1. The Balaban J connectivity index is 2.53. The Kier molecular flexibility index (Phi) is 4.21. The first-order valence-corrected chi connectivity index (χ1v) is 6.78. The van der Waals surface area contributed by atoms with Crippen LogP contribution < -0.4 is 5.73 Å². The molecular formula is C18H12N4O. The molecule has 0 unspecified atom stereocenters. The zero-order valence-corrected chi connectivity index (χ0v) is 12.7. The van der Waals surface area contributed by atoms with E-state index in [4.69, 9.17) is 15.3 Å². The molecule has 0 aromatic heterocycles. The Bertz CT molecular complexity index is 834. The van der Waals surface area contributed by atoms with Gasteiger partial charge in [0, 0.05) is 5.57 Å². The quantitative estimate of drug-likeness (QED) is 0.781. The van der Waals surface area contributed by atoms with Crippen molar-refractivity contribution in [1.29, 1.82) is 15.8 Å².